The van der Waals surface area contributed by atoms with E-state index in [4.69, 9.17) is 16.3 Å². The summed E-state index contributed by atoms with van der Waals surface area (Å²) in [5, 5.41) is 0.951. The smallest absolute Gasteiger partial charge is 0.428 e. The molecule has 0 bridgehead atoms. The van der Waals surface area contributed by atoms with Gasteiger partial charge < -0.3 is 9.64 Å². The van der Waals surface area contributed by atoms with Crippen LogP contribution in [0.5, 0.6) is 0 Å². The number of amides is 1. The zero-order chi connectivity index (χ0) is 31.8. The highest BCUT2D eigenvalue weighted by Crippen LogP contribution is 2.38. The molecule has 0 radical (unpaired) electrons. The molecule has 1 heterocycles. The number of ether oxygens (including phenoxy) is 1. The minimum Gasteiger partial charge on any atom is -0.448 e. The van der Waals surface area contributed by atoms with Gasteiger partial charge in [-0.25, -0.2) is 18.2 Å². The molecule has 0 saturated carbocycles. The number of rotatable bonds is 8. The van der Waals surface area contributed by atoms with Gasteiger partial charge in [-0.3, -0.25) is 4.57 Å². The molecule has 13 heteroatoms. The van der Waals surface area contributed by atoms with Crippen molar-refractivity contribution in [2.45, 2.75) is 25.9 Å². The van der Waals surface area contributed by atoms with Crippen molar-refractivity contribution in [3.63, 3.8) is 0 Å². The number of alkyl halides is 3. The summed E-state index contributed by atoms with van der Waals surface area (Å²) in [7, 11) is 0.404. The maximum Gasteiger partial charge on any atom is 0.428 e. The van der Waals surface area contributed by atoms with Gasteiger partial charge in [-0.2, -0.15) is 17.5 Å². The second kappa shape index (κ2) is 12.4. The third-order valence-electron chi connectivity index (χ3n) is 7.17. The van der Waals surface area contributed by atoms with Gasteiger partial charge >= 0.3 is 12.3 Å². The quantitative estimate of drug-likeness (QED) is 0.180. The summed E-state index contributed by atoms with van der Waals surface area (Å²) in [6.07, 6.45) is -4.86. The Labute approximate surface area is 258 Å². The van der Waals surface area contributed by atoms with Crippen molar-refractivity contribution in [1.29, 1.82) is 0 Å². The Morgan fingerprint density at radius 2 is 1.61 bits per heavy atom. The maximum absolute atomic E-state index is 13.4. The number of hydrogen-bond donors (Lipinski definition) is 1. The number of fused-ring (bicyclic) bond motifs is 2. The highest BCUT2D eigenvalue weighted by molar-refractivity contribution is 7.75. The van der Waals surface area contributed by atoms with E-state index in [9.17, 15) is 26.4 Å². The zero-order valence-electron chi connectivity index (χ0n) is 23.9. The number of imidazole rings is 1. The van der Waals surface area contributed by atoms with Gasteiger partial charge in [0.1, 0.15) is 5.82 Å². The van der Waals surface area contributed by atoms with Crippen molar-refractivity contribution in [3.8, 4) is 5.69 Å². The SMILES string of the molecule is CCc1nc2cc(C(F)(F)F)c(Cl)cc2n1-c1ccc(CCOC(=O)N(c2cccc3c(N(C)C)cccc23)[SH](=O)=O)cc1. The lowest BCUT2D eigenvalue weighted by Gasteiger charge is -2.20. The van der Waals surface area contributed by atoms with Gasteiger partial charge in [-0.05, 0) is 42.0 Å². The molecule has 0 aliphatic carbocycles. The van der Waals surface area contributed by atoms with E-state index in [1.165, 1.54) is 6.07 Å². The molecular weight excluding hydrogens is 617 g/mol. The number of aromatic nitrogens is 2. The van der Waals surface area contributed by atoms with Crippen LogP contribution in [0.2, 0.25) is 5.02 Å². The van der Waals surface area contributed by atoms with E-state index in [0.717, 1.165) is 22.7 Å². The number of hydrogen-bond acceptors (Lipinski definition) is 6. The first-order valence-corrected chi connectivity index (χ1v) is 15.1. The first-order valence-electron chi connectivity index (χ1n) is 13.6. The number of thiol groups is 1. The van der Waals surface area contributed by atoms with Gasteiger partial charge in [0.05, 0.1) is 33.9 Å². The third-order valence-corrected chi connectivity index (χ3v) is 8.19. The Morgan fingerprint density at radius 1 is 0.977 bits per heavy atom. The topological polar surface area (TPSA) is 84.7 Å². The molecule has 1 aromatic heterocycles. The van der Waals surface area contributed by atoms with Crippen LogP contribution in [-0.4, -0.2) is 44.8 Å². The fraction of sp³-hybridized carbons (Fsp3) is 0.226. The van der Waals surface area contributed by atoms with Gasteiger partial charge in [-0.1, -0.05) is 54.9 Å². The van der Waals surface area contributed by atoms with E-state index in [-0.39, 0.29) is 17.8 Å². The number of aryl methyl sites for hydroxylation is 1. The number of nitrogens with zero attached hydrogens (tertiary/aromatic N) is 4. The molecular formula is C31H28ClF3N4O4S. The van der Waals surface area contributed by atoms with Gasteiger partial charge in [0.2, 0.25) is 10.9 Å². The van der Waals surface area contributed by atoms with Gasteiger partial charge in [0.25, 0.3) is 0 Å². The van der Waals surface area contributed by atoms with Crippen LogP contribution in [0.15, 0.2) is 72.8 Å². The molecule has 4 aromatic carbocycles. The standard InChI is InChI=1S/C31H28ClF3N4O4S/c1-4-29-36-25-17-23(31(33,34)35)24(32)18-28(25)38(29)20-13-11-19(12-14-20)15-16-43-30(40)39(44(41)42)27-10-6-7-21-22(27)8-5-9-26(21)37(2)3/h5-14,17-18,44H,4,15-16H2,1-3H3. The van der Waals surface area contributed by atoms with E-state index in [2.05, 4.69) is 4.98 Å². The lowest BCUT2D eigenvalue weighted by molar-refractivity contribution is -0.137. The van der Waals surface area contributed by atoms with Crippen molar-refractivity contribution in [1.82, 2.24) is 9.55 Å². The summed E-state index contributed by atoms with van der Waals surface area (Å²) in [6, 6.07) is 19.9. The molecule has 0 N–H and O–H groups in total. The number of anilines is 2. The molecule has 5 aromatic rings. The van der Waals surface area contributed by atoms with Crippen molar-refractivity contribution in [3.05, 3.63) is 94.8 Å². The molecule has 1 amide bonds. The van der Waals surface area contributed by atoms with E-state index in [1.807, 2.05) is 38.1 Å². The molecule has 0 unspecified atom stereocenters. The van der Waals surface area contributed by atoms with Crippen LogP contribution in [-0.2, 0) is 34.6 Å². The number of halogens is 4. The lowest BCUT2D eigenvalue weighted by Crippen LogP contribution is -2.30. The van der Waals surface area contributed by atoms with Crippen LogP contribution in [0.25, 0.3) is 27.5 Å². The van der Waals surface area contributed by atoms with Crippen LogP contribution in [0, 0.1) is 0 Å². The lowest BCUT2D eigenvalue weighted by atomic mass is 10.1. The fourth-order valence-electron chi connectivity index (χ4n) is 5.12. The third kappa shape index (κ3) is 6.04. The predicted octanol–water partition coefficient (Wildman–Crippen LogP) is 7.19. The number of carbonyl (C=O) groups excluding carboxylic acids is 1. The molecule has 0 atom stereocenters. The minimum atomic E-state index is -4.60. The van der Waals surface area contributed by atoms with E-state index in [0.29, 0.717) is 39.6 Å². The van der Waals surface area contributed by atoms with Crippen molar-refractivity contribution in [2.75, 3.05) is 29.9 Å². The first-order chi connectivity index (χ1) is 20.9. The van der Waals surface area contributed by atoms with Gasteiger partial charge in [0.15, 0.2) is 0 Å². The second-order valence-corrected chi connectivity index (χ2v) is 11.4. The van der Waals surface area contributed by atoms with Crippen LogP contribution in [0.1, 0.15) is 23.9 Å². The molecule has 5 rings (SSSR count). The minimum absolute atomic E-state index is 0.0877. The van der Waals surface area contributed by atoms with Crippen LogP contribution in [0.4, 0.5) is 29.3 Å². The summed E-state index contributed by atoms with van der Waals surface area (Å²) in [5.74, 6) is 0.565. The second-order valence-electron chi connectivity index (χ2n) is 10.2. The monoisotopic (exact) mass is 644 g/mol. The van der Waals surface area contributed by atoms with Crippen molar-refractivity contribution < 1.29 is 31.1 Å². The zero-order valence-corrected chi connectivity index (χ0v) is 25.6. The molecule has 44 heavy (non-hydrogen) atoms. The number of benzene rings is 4. The summed E-state index contributed by atoms with van der Waals surface area (Å²) >= 11 is 5.99. The molecule has 0 fully saturated rings. The molecule has 0 aliphatic heterocycles. The summed E-state index contributed by atoms with van der Waals surface area (Å²) in [5.41, 5.74) is 2.20. The Balaban J connectivity index is 1.33. The van der Waals surface area contributed by atoms with Crippen LogP contribution in [0.3, 0.4) is 0 Å². The van der Waals surface area contributed by atoms with E-state index in [1.54, 1.807) is 53.1 Å². The number of carbonyl (C=O) groups is 1. The Bertz CT molecular complexity index is 1930. The van der Waals surface area contributed by atoms with Crippen molar-refractivity contribution >= 4 is 61.8 Å². The van der Waals surface area contributed by atoms with Crippen LogP contribution < -0.4 is 9.21 Å². The normalized spacial score (nSPS) is 11.8. The van der Waals surface area contributed by atoms with E-state index < -0.39 is 33.7 Å². The fourth-order valence-corrected chi connectivity index (χ4v) is 5.93. The molecule has 0 saturated heterocycles. The Morgan fingerprint density at radius 3 is 2.20 bits per heavy atom. The maximum atomic E-state index is 13.4. The summed E-state index contributed by atoms with van der Waals surface area (Å²) in [4.78, 5) is 19.3. The van der Waals surface area contributed by atoms with Crippen molar-refractivity contribution in [2.24, 2.45) is 0 Å². The average Bonchev–Trinajstić information content (AvgIpc) is 3.33. The Kier molecular flexibility index (Phi) is 8.76. The highest BCUT2D eigenvalue weighted by Gasteiger charge is 2.34. The van der Waals surface area contributed by atoms with Crippen LogP contribution >= 0.6 is 11.6 Å². The average molecular weight is 645 g/mol. The van der Waals surface area contributed by atoms with E-state index >= 15 is 0 Å². The van der Waals surface area contributed by atoms with Gasteiger partial charge in [-0.15, -0.1) is 0 Å². The molecule has 230 valence electrons. The Hall–Kier alpha value is -4.29. The predicted molar refractivity (Wildman–Crippen MR) is 167 cm³/mol. The summed E-state index contributed by atoms with van der Waals surface area (Å²) in [6.45, 7) is 1.76. The molecule has 0 aliphatic rings. The van der Waals surface area contributed by atoms with Gasteiger partial charge in [0, 0.05) is 49.1 Å². The summed E-state index contributed by atoms with van der Waals surface area (Å²) < 4.78 is 72.3. The largest absolute Gasteiger partial charge is 0.448 e. The highest BCUT2D eigenvalue weighted by atomic mass is 35.5. The first kappa shape index (κ1) is 31.1. The molecule has 8 nitrogen and oxygen atoms in total. The molecule has 0 spiro atoms.